The van der Waals surface area contributed by atoms with E-state index < -0.39 is 12.0 Å². The first-order chi connectivity index (χ1) is 6.15. The smallest absolute Gasteiger partial charge is 0.320 e. The van der Waals surface area contributed by atoms with Gasteiger partial charge in [0.05, 0.1) is 0 Å². The summed E-state index contributed by atoms with van der Waals surface area (Å²) in [5, 5.41) is 8.77. The first-order valence-electron chi connectivity index (χ1n) is 5.13. The number of carboxylic acid groups (broad SMARTS) is 1. The highest BCUT2D eigenvalue weighted by atomic mass is 16.4. The highest BCUT2D eigenvalue weighted by Gasteiger charge is 2.29. The molecule has 13 heavy (non-hydrogen) atoms. The van der Waals surface area contributed by atoms with E-state index in [0.717, 1.165) is 25.7 Å². The summed E-state index contributed by atoms with van der Waals surface area (Å²) in [4.78, 5) is 10.7. The van der Waals surface area contributed by atoms with E-state index in [2.05, 4.69) is 6.92 Å². The van der Waals surface area contributed by atoms with Crippen LogP contribution in [0.2, 0.25) is 0 Å². The van der Waals surface area contributed by atoms with Gasteiger partial charge in [0.15, 0.2) is 0 Å². The number of hydrogen-bond acceptors (Lipinski definition) is 2. The van der Waals surface area contributed by atoms with Gasteiger partial charge in [-0.1, -0.05) is 26.2 Å². The van der Waals surface area contributed by atoms with Gasteiger partial charge in [-0.3, -0.25) is 4.79 Å². The van der Waals surface area contributed by atoms with E-state index >= 15 is 0 Å². The van der Waals surface area contributed by atoms with E-state index in [1.165, 1.54) is 6.42 Å². The summed E-state index contributed by atoms with van der Waals surface area (Å²) in [5.41, 5.74) is 5.61. The molecular weight excluding hydrogens is 166 g/mol. The Morgan fingerprint density at radius 1 is 1.62 bits per heavy atom. The van der Waals surface area contributed by atoms with Crippen molar-refractivity contribution in [3.63, 3.8) is 0 Å². The van der Waals surface area contributed by atoms with E-state index in [0.29, 0.717) is 5.92 Å². The van der Waals surface area contributed by atoms with Gasteiger partial charge in [-0.05, 0) is 24.7 Å². The van der Waals surface area contributed by atoms with E-state index in [-0.39, 0.29) is 5.92 Å². The zero-order valence-corrected chi connectivity index (χ0v) is 8.20. The summed E-state index contributed by atoms with van der Waals surface area (Å²) in [5.74, 6) is 0.0575. The highest BCUT2D eigenvalue weighted by Crippen LogP contribution is 2.32. The fourth-order valence-corrected chi connectivity index (χ4v) is 2.23. The molecule has 0 amide bonds. The lowest BCUT2D eigenvalue weighted by molar-refractivity contribution is -0.140. The fourth-order valence-electron chi connectivity index (χ4n) is 2.23. The second kappa shape index (κ2) is 4.61. The maximum atomic E-state index is 10.7. The molecule has 1 aliphatic carbocycles. The zero-order valence-electron chi connectivity index (χ0n) is 8.20. The van der Waals surface area contributed by atoms with Crippen LogP contribution in [0.25, 0.3) is 0 Å². The summed E-state index contributed by atoms with van der Waals surface area (Å²) >= 11 is 0. The predicted molar refractivity (Wildman–Crippen MR) is 51.4 cm³/mol. The molecule has 1 aliphatic rings. The predicted octanol–water partition coefficient (Wildman–Crippen LogP) is 1.61. The van der Waals surface area contributed by atoms with Crippen LogP contribution in [0.3, 0.4) is 0 Å². The van der Waals surface area contributed by atoms with Crippen molar-refractivity contribution < 1.29 is 9.90 Å². The van der Waals surface area contributed by atoms with Gasteiger partial charge in [-0.15, -0.1) is 0 Å². The van der Waals surface area contributed by atoms with Crippen molar-refractivity contribution in [2.45, 2.75) is 45.1 Å². The minimum atomic E-state index is -0.846. The molecule has 0 aromatic rings. The molecule has 2 unspecified atom stereocenters. The summed E-state index contributed by atoms with van der Waals surface area (Å²) in [6.45, 7) is 2.17. The average molecular weight is 185 g/mol. The molecule has 3 N–H and O–H groups in total. The Hall–Kier alpha value is -0.570. The van der Waals surface area contributed by atoms with Crippen LogP contribution >= 0.6 is 0 Å². The molecule has 0 saturated heterocycles. The number of carboxylic acids is 1. The quantitative estimate of drug-likeness (QED) is 0.702. The summed E-state index contributed by atoms with van der Waals surface area (Å²) in [6, 6.07) is -0.644. The van der Waals surface area contributed by atoms with E-state index in [1.807, 2.05) is 0 Å². The molecule has 1 rings (SSSR count). The Morgan fingerprint density at radius 3 is 2.85 bits per heavy atom. The zero-order chi connectivity index (χ0) is 9.84. The maximum absolute atomic E-state index is 10.7. The Bertz CT molecular complexity index is 182. The van der Waals surface area contributed by atoms with Gasteiger partial charge in [0.2, 0.25) is 0 Å². The van der Waals surface area contributed by atoms with Crippen LogP contribution in [-0.2, 0) is 4.79 Å². The molecule has 76 valence electrons. The summed E-state index contributed by atoms with van der Waals surface area (Å²) in [7, 11) is 0. The second-order valence-corrected chi connectivity index (χ2v) is 4.06. The Balaban J connectivity index is 2.46. The molecule has 3 heteroatoms. The van der Waals surface area contributed by atoms with E-state index in [9.17, 15) is 4.79 Å². The van der Waals surface area contributed by atoms with Crippen molar-refractivity contribution in [3.8, 4) is 0 Å². The Labute approximate surface area is 79.3 Å². The van der Waals surface area contributed by atoms with Crippen molar-refractivity contribution in [1.82, 2.24) is 0 Å². The van der Waals surface area contributed by atoms with Crippen LogP contribution in [0.4, 0.5) is 0 Å². The molecular formula is C10H19NO2. The van der Waals surface area contributed by atoms with Gasteiger partial charge in [0, 0.05) is 0 Å². The topological polar surface area (TPSA) is 63.3 Å². The molecule has 0 aliphatic heterocycles. The largest absolute Gasteiger partial charge is 0.480 e. The summed E-state index contributed by atoms with van der Waals surface area (Å²) in [6.07, 6.45) is 5.54. The molecule has 0 spiro atoms. The second-order valence-electron chi connectivity index (χ2n) is 4.06. The number of aliphatic carboxylic acids is 1. The van der Waals surface area contributed by atoms with Crippen molar-refractivity contribution in [2.24, 2.45) is 17.6 Å². The van der Waals surface area contributed by atoms with Crippen molar-refractivity contribution in [2.75, 3.05) is 0 Å². The first kappa shape index (κ1) is 10.5. The van der Waals surface area contributed by atoms with Crippen molar-refractivity contribution in [1.29, 1.82) is 0 Å². The van der Waals surface area contributed by atoms with Crippen LogP contribution < -0.4 is 5.73 Å². The monoisotopic (exact) mass is 185 g/mol. The van der Waals surface area contributed by atoms with Gasteiger partial charge in [0.25, 0.3) is 0 Å². The number of nitrogens with two attached hydrogens (primary N) is 1. The molecule has 1 fully saturated rings. The molecule has 1 saturated carbocycles. The lowest BCUT2D eigenvalue weighted by atomic mass is 9.77. The lowest BCUT2D eigenvalue weighted by Crippen LogP contribution is -2.40. The van der Waals surface area contributed by atoms with Crippen molar-refractivity contribution in [3.05, 3.63) is 0 Å². The minimum absolute atomic E-state index is 0.205. The first-order valence-corrected chi connectivity index (χ1v) is 5.13. The number of rotatable bonds is 3. The van der Waals surface area contributed by atoms with Gasteiger partial charge >= 0.3 is 5.97 Å². The fraction of sp³-hybridized carbons (Fsp3) is 0.900. The Kier molecular flexibility index (Phi) is 3.72. The van der Waals surface area contributed by atoms with E-state index in [1.54, 1.807) is 0 Å². The molecule has 0 radical (unpaired) electrons. The number of hydrogen-bond donors (Lipinski definition) is 2. The molecule has 3 nitrogen and oxygen atoms in total. The molecule has 0 aromatic carbocycles. The molecule has 0 aromatic heterocycles. The SMILES string of the molecule is CCC1CCCC([C@@H](N)C(=O)O)C1. The van der Waals surface area contributed by atoms with Crippen molar-refractivity contribution >= 4 is 5.97 Å². The van der Waals surface area contributed by atoms with Crippen LogP contribution in [0.15, 0.2) is 0 Å². The lowest BCUT2D eigenvalue weighted by Gasteiger charge is -2.30. The van der Waals surface area contributed by atoms with Gasteiger partial charge in [-0.25, -0.2) is 0 Å². The average Bonchev–Trinajstić information content (AvgIpc) is 2.16. The van der Waals surface area contributed by atoms with Crippen LogP contribution in [0, 0.1) is 11.8 Å². The third kappa shape index (κ3) is 2.69. The van der Waals surface area contributed by atoms with Gasteiger partial charge in [-0.2, -0.15) is 0 Å². The highest BCUT2D eigenvalue weighted by molar-refractivity contribution is 5.73. The molecule has 3 atom stereocenters. The third-order valence-electron chi connectivity index (χ3n) is 3.19. The standard InChI is InChI=1S/C10H19NO2/c1-2-7-4-3-5-8(6-7)9(11)10(12)13/h7-9H,2-6,11H2,1H3,(H,12,13)/t7?,8?,9-/m1/s1. The van der Waals surface area contributed by atoms with Crippen LogP contribution in [-0.4, -0.2) is 17.1 Å². The number of carbonyl (C=O) groups is 1. The van der Waals surface area contributed by atoms with E-state index in [4.69, 9.17) is 10.8 Å². The molecule has 0 bridgehead atoms. The van der Waals surface area contributed by atoms with Crippen LogP contribution in [0.5, 0.6) is 0 Å². The van der Waals surface area contributed by atoms with Gasteiger partial charge in [0.1, 0.15) is 6.04 Å². The normalized spacial score (nSPS) is 31.2. The minimum Gasteiger partial charge on any atom is -0.480 e. The molecule has 0 heterocycles. The third-order valence-corrected chi connectivity index (χ3v) is 3.19. The summed E-state index contributed by atoms with van der Waals surface area (Å²) < 4.78 is 0. The van der Waals surface area contributed by atoms with Crippen LogP contribution in [0.1, 0.15) is 39.0 Å². The Morgan fingerprint density at radius 2 is 2.31 bits per heavy atom. The van der Waals surface area contributed by atoms with Gasteiger partial charge < -0.3 is 10.8 Å². The maximum Gasteiger partial charge on any atom is 0.320 e.